The van der Waals surface area contributed by atoms with Crippen LogP contribution in [0.25, 0.3) is 28.2 Å². The quantitative estimate of drug-likeness (QED) is 0.392. The Kier molecular flexibility index (Phi) is 6.73. The van der Waals surface area contributed by atoms with Crippen LogP contribution in [0.15, 0.2) is 54.9 Å². The number of carboxylic acid groups (broad SMARTS) is 1. The van der Waals surface area contributed by atoms with Crippen LogP contribution in [0.5, 0.6) is 0 Å². The summed E-state index contributed by atoms with van der Waals surface area (Å²) in [5.41, 5.74) is 2.57. The molecule has 5 rings (SSSR count). The number of imidazole rings is 1. The Labute approximate surface area is 215 Å². The van der Waals surface area contributed by atoms with Crippen molar-refractivity contribution in [2.45, 2.75) is 6.10 Å². The van der Waals surface area contributed by atoms with Crippen molar-refractivity contribution in [3.05, 3.63) is 64.9 Å². The van der Waals surface area contributed by atoms with Crippen molar-refractivity contribution in [1.29, 1.82) is 0 Å². The number of aliphatic carboxylic acids is 1. The summed E-state index contributed by atoms with van der Waals surface area (Å²) in [6.45, 7) is 0.409. The van der Waals surface area contributed by atoms with Crippen molar-refractivity contribution >= 4 is 52.1 Å². The van der Waals surface area contributed by atoms with Gasteiger partial charge in [0.25, 0.3) is 5.91 Å². The summed E-state index contributed by atoms with van der Waals surface area (Å²) in [7, 11) is 0. The van der Waals surface area contributed by atoms with Gasteiger partial charge in [-0.25, -0.2) is 15.0 Å². The molecule has 2 aromatic heterocycles. The third-order valence-electron chi connectivity index (χ3n) is 5.70. The lowest BCUT2D eigenvalue weighted by molar-refractivity contribution is -0.140. The van der Waals surface area contributed by atoms with Gasteiger partial charge in [0.15, 0.2) is 23.1 Å². The zero-order valence-electron chi connectivity index (χ0n) is 18.8. The van der Waals surface area contributed by atoms with E-state index in [1.807, 2.05) is 39.8 Å². The minimum atomic E-state index is -1.13. The summed E-state index contributed by atoms with van der Waals surface area (Å²) in [5, 5.41) is 12.3. The van der Waals surface area contributed by atoms with Crippen molar-refractivity contribution in [2.75, 3.05) is 31.1 Å². The number of aromatic nitrogens is 4. The lowest BCUT2D eigenvalue weighted by Gasteiger charge is -2.32. The standard InChI is InChI=1S/C24H20Cl2N6O4/c25-14-5-7-15(8-6-14)32-21(16-3-1-2-4-17(16)26)30-20-22(28-13-29-23(20)32)31-9-10-36-18(12-31)24(35)27-11-19(33)34/h1-8,13,18H,9-12H2,(H,27,35)(H,33,34). The monoisotopic (exact) mass is 526 g/mol. The molecule has 1 atom stereocenters. The van der Waals surface area contributed by atoms with E-state index in [0.29, 0.717) is 45.0 Å². The zero-order valence-corrected chi connectivity index (χ0v) is 20.3. The molecule has 3 heterocycles. The Bertz CT molecular complexity index is 1440. The molecule has 0 saturated carbocycles. The Morgan fingerprint density at radius 3 is 2.64 bits per heavy atom. The van der Waals surface area contributed by atoms with Gasteiger partial charge in [0.05, 0.1) is 18.2 Å². The fourth-order valence-electron chi connectivity index (χ4n) is 4.05. The number of hydrogen-bond donors (Lipinski definition) is 2. The first-order valence-electron chi connectivity index (χ1n) is 11.0. The third kappa shape index (κ3) is 4.70. The molecule has 0 bridgehead atoms. The highest BCUT2D eigenvalue weighted by molar-refractivity contribution is 6.33. The number of carbonyl (C=O) groups excluding carboxylic acids is 1. The van der Waals surface area contributed by atoms with E-state index in [4.69, 9.17) is 38.0 Å². The predicted octanol–water partition coefficient (Wildman–Crippen LogP) is 3.20. The van der Waals surface area contributed by atoms with E-state index in [0.717, 1.165) is 5.69 Å². The average molecular weight is 527 g/mol. The van der Waals surface area contributed by atoms with E-state index in [2.05, 4.69) is 15.3 Å². The van der Waals surface area contributed by atoms with Gasteiger partial charge in [0, 0.05) is 22.8 Å². The van der Waals surface area contributed by atoms with E-state index in [9.17, 15) is 9.59 Å². The van der Waals surface area contributed by atoms with E-state index in [-0.39, 0.29) is 13.2 Å². The molecule has 4 aromatic rings. The molecule has 1 unspecified atom stereocenters. The molecule has 2 aromatic carbocycles. The number of nitrogens with one attached hydrogen (secondary N) is 1. The van der Waals surface area contributed by atoms with Crippen LogP contribution in [-0.2, 0) is 14.3 Å². The number of morpholine rings is 1. The largest absolute Gasteiger partial charge is 0.480 e. The summed E-state index contributed by atoms with van der Waals surface area (Å²) in [4.78, 5) is 39.0. The predicted molar refractivity (Wildman–Crippen MR) is 135 cm³/mol. The van der Waals surface area contributed by atoms with Gasteiger partial charge in [-0.15, -0.1) is 0 Å². The van der Waals surface area contributed by atoms with Crippen LogP contribution in [0, 0.1) is 0 Å². The van der Waals surface area contributed by atoms with Gasteiger partial charge in [0.2, 0.25) is 0 Å². The molecule has 0 aliphatic carbocycles. The van der Waals surface area contributed by atoms with Crippen molar-refractivity contribution < 1.29 is 19.4 Å². The first-order chi connectivity index (χ1) is 17.4. The Hall–Kier alpha value is -3.73. The van der Waals surface area contributed by atoms with E-state index in [1.165, 1.54) is 6.33 Å². The van der Waals surface area contributed by atoms with Gasteiger partial charge in [-0.05, 0) is 36.4 Å². The number of carbonyl (C=O) groups is 2. The summed E-state index contributed by atoms with van der Waals surface area (Å²) < 4.78 is 7.47. The van der Waals surface area contributed by atoms with Crippen molar-refractivity contribution in [3.63, 3.8) is 0 Å². The number of hydrogen-bond acceptors (Lipinski definition) is 7. The molecule has 10 nitrogen and oxygen atoms in total. The second-order valence-corrected chi connectivity index (χ2v) is 8.86. The molecule has 0 spiro atoms. The number of nitrogens with zero attached hydrogens (tertiary/aromatic N) is 5. The van der Waals surface area contributed by atoms with E-state index in [1.54, 1.807) is 18.2 Å². The highest BCUT2D eigenvalue weighted by Gasteiger charge is 2.30. The van der Waals surface area contributed by atoms with Crippen LogP contribution < -0.4 is 10.2 Å². The number of ether oxygens (including phenoxy) is 1. The number of anilines is 1. The topological polar surface area (TPSA) is 122 Å². The number of fused-ring (bicyclic) bond motifs is 1. The minimum Gasteiger partial charge on any atom is -0.480 e. The fraction of sp³-hybridized carbons (Fsp3) is 0.208. The number of halogens is 2. The molecule has 1 saturated heterocycles. The molecule has 0 radical (unpaired) electrons. The average Bonchev–Trinajstić information content (AvgIpc) is 3.27. The van der Waals surface area contributed by atoms with Crippen LogP contribution >= 0.6 is 23.2 Å². The van der Waals surface area contributed by atoms with Gasteiger partial charge >= 0.3 is 5.97 Å². The second-order valence-electron chi connectivity index (χ2n) is 8.01. The maximum Gasteiger partial charge on any atom is 0.322 e. The van der Waals surface area contributed by atoms with E-state index >= 15 is 0 Å². The zero-order chi connectivity index (χ0) is 25.2. The fourth-order valence-corrected chi connectivity index (χ4v) is 4.39. The lowest BCUT2D eigenvalue weighted by atomic mass is 10.2. The Morgan fingerprint density at radius 2 is 1.89 bits per heavy atom. The molecule has 1 fully saturated rings. The van der Waals surface area contributed by atoms with Crippen LogP contribution in [-0.4, -0.2) is 68.8 Å². The maximum atomic E-state index is 12.4. The van der Waals surface area contributed by atoms with Gasteiger partial charge in [0.1, 0.15) is 18.7 Å². The first-order valence-corrected chi connectivity index (χ1v) is 11.8. The SMILES string of the molecule is O=C(O)CNC(=O)C1CN(c2ncnc3c2nc(-c2ccccc2Cl)n3-c2ccc(Cl)cc2)CCO1. The molecule has 1 aliphatic heterocycles. The molecular formula is C24H20Cl2N6O4. The van der Waals surface area contributed by atoms with Gasteiger partial charge in [-0.2, -0.15) is 0 Å². The number of amides is 1. The van der Waals surface area contributed by atoms with Crippen LogP contribution in [0.1, 0.15) is 0 Å². The molecule has 36 heavy (non-hydrogen) atoms. The van der Waals surface area contributed by atoms with Gasteiger partial charge in [-0.3, -0.25) is 14.2 Å². The van der Waals surface area contributed by atoms with Crippen molar-refractivity contribution in [2.24, 2.45) is 0 Å². The van der Waals surface area contributed by atoms with E-state index < -0.39 is 24.5 Å². The molecule has 2 N–H and O–H groups in total. The smallest absolute Gasteiger partial charge is 0.322 e. The van der Waals surface area contributed by atoms with Crippen LogP contribution in [0.4, 0.5) is 5.82 Å². The van der Waals surface area contributed by atoms with Crippen LogP contribution in [0.3, 0.4) is 0 Å². The molecular weight excluding hydrogens is 507 g/mol. The Morgan fingerprint density at radius 1 is 1.11 bits per heavy atom. The lowest BCUT2D eigenvalue weighted by Crippen LogP contribution is -2.51. The van der Waals surface area contributed by atoms with Gasteiger partial charge in [-0.1, -0.05) is 35.3 Å². The normalized spacial score (nSPS) is 15.7. The summed E-state index contributed by atoms with van der Waals surface area (Å²) in [5.74, 6) is -0.534. The second kappa shape index (κ2) is 10.1. The molecule has 12 heteroatoms. The minimum absolute atomic E-state index is 0.173. The third-order valence-corrected chi connectivity index (χ3v) is 6.28. The number of rotatable bonds is 6. The maximum absolute atomic E-state index is 12.4. The summed E-state index contributed by atoms with van der Waals surface area (Å²) in [6, 6.07) is 14.7. The number of benzene rings is 2. The van der Waals surface area contributed by atoms with Gasteiger partial charge < -0.3 is 20.1 Å². The highest BCUT2D eigenvalue weighted by atomic mass is 35.5. The summed E-state index contributed by atoms with van der Waals surface area (Å²) >= 11 is 12.7. The van der Waals surface area contributed by atoms with Crippen molar-refractivity contribution in [3.8, 4) is 17.1 Å². The van der Waals surface area contributed by atoms with Crippen LogP contribution in [0.2, 0.25) is 10.0 Å². The Balaban J connectivity index is 1.60. The number of carboxylic acids is 1. The molecule has 184 valence electrons. The molecule has 1 amide bonds. The highest BCUT2D eigenvalue weighted by Crippen LogP contribution is 2.35. The first kappa shape index (κ1) is 24.0. The summed E-state index contributed by atoms with van der Waals surface area (Å²) in [6.07, 6.45) is 0.585. The molecule has 1 aliphatic rings. The van der Waals surface area contributed by atoms with Crippen molar-refractivity contribution in [1.82, 2.24) is 24.8 Å².